The highest BCUT2D eigenvalue weighted by Crippen LogP contribution is 2.21. The van der Waals surface area contributed by atoms with Crippen molar-refractivity contribution < 1.29 is 4.79 Å². The van der Waals surface area contributed by atoms with Gasteiger partial charge >= 0.3 is 0 Å². The van der Waals surface area contributed by atoms with Crippen LogP contribution in [-0.2, 0) is 0 Å². The van der Waals surface area contributed by atoms with Crippen LogP contribution in [0.4, 0.5) is 0 Å². The molecule has 0 N–H and O–H groups in total. The number of hydrogen-bond acceptors (Lipinski definition) is 3. The molecule has 0 radical (unpaired) electrons. The van der Waals surface area contributed by atoms with Gasteiger partial charge < -0.3 is 0 Å². The molecule has 1 saturated heterocycles. The molecule has 0 aliphatic carbocycles. The normalized spacial score (nSPS) is 17.6. The summed E-state index contributed by atoms with van der Waals surface area (Å²) in [6, 6.07) is 5.60. The van der Waals surface area contributed by atoms with Crippen molar-refractivity contribution in [1.82, 2.24) is 9.80 Å². The number of Topliss-reactive ketones (excluding diaryl/α,β-unsaturated/α-hetero) is 1. The highest BCUT2D eigenvalue weighted by atomic mass is 35.5. The van der Waals surface area contributed by atoms with E-state index in [0.717, 1.165) is 26.2 Å². The molecule has 3 nitrogen and oxygen atoms in total. The maximum absolute atomic E-state index is 12.3. The molecule has 0 bridgehead atoms. The summed E-state index contributed by atoms with van der Waals surface area (Å²) in [5, 5.41) is 0.986. The van der Waals surface area contributed by atoms with Crippen LogP contribution in [0.5, 0.6) is 0 Å². The number of rotatable bonds is 4. The number of halogens is 2. The lowest BCUT2D eigenvalue weighted by Crippen LogP contribution is -2.50. The molecule has 1 aliphatic heterocycles. The van der Waals surface area contributed by atoms with E-state index in [1.54, 1.807) is 18.2 Å². The van der Waals surface area contributed by atoms with Crippen LogP contribution in [-0.4, -0.2) is 54.3 Å². The van der Waals surface area contributed by atoms with Crippen LogP contribution < -0.4 is 0 Å². The van der Waals surface area contributed by atoms with E-state index >= 15 is 0 Å². The van der Waals surface area contributed by atoms with Crippen LogP contribution >= 0.6 is 23.2 Å². The molecule has 110 valence electrons. The largest absolute Gasteiger partial charge is 0.298 e. The fraction of sp³-hybridized carbons (Fsp3) is 0.533. The molecule has 2 rings (SSSR count). The standard InChI is InChI=1S/C15H20Cl2N2O/c1-11(2)19-7-5-18(6-8-19)10-15(20)13-4-3-12(16)9-14(13)17/h3-4,9,11H,5-8,10H2,1-2H3. The smallest absolute Gasteiger partial charge is 0.178 e. The number of hydrogen-bond donors (Lipinski definition) is 0. The number of benzene rings is 1. The Labute approximate surface area is 130 Å². The van der Waals surface area contributed by atoms with E-state index in [4.69, 9.17) is 23.2 Å². The van der Waals surface area contributed by atoms with Crippen LogP contribution in [0, 0.1) is 0 Å². The Kier molecular flexibility index (Phi) is 5.44. The van der Waals surface area contributed by atoms with E-state index < -0.39 is 0 Å². The van der Waals surface area contributed by atoms with Gasteiger partial charge in [0.15, 0.2) is 5.78 Å². The fourth-order valence-electron chi connectivity index (χ4n) is 2.44. The molecule has 1 fully saturated rings. The predicted octanol–water partition coefficient (Wildman–Crippen LogP) is 3.20. The molecule has 0 saturated carbocycles. The van der Waals surface area contributed by atoms with Gasteiger partial charge in [-0.1, -0.05) is 23.2 Å². The van der Waals surface area contributed by atoms with Crippen LogP contribution in [0.25, 0.3) is 0 Å². The first-order valence-corrected chi connectivity index (χ1v) is 7.67. The number of piperazine rings is 1. The third-order valence-corrected chi connectivity index (χ3v) is 4.28. The van der Waals surface area contributed by atoms with Gasteiger partial charge in [-0.2, -0.15) is 0 Å². The van der Waals surface area contributed by atoms with E-state index in [1.165, 1.54) is 0 Å². The van der Waals surface area contributed by atoms with E-state index in [-0.39, 0.29) is 5.78 Å². The lowest BCUT2D eigenvalue weighted by Gasteiger charge is -2.36. The Balaban J connectivity index is 1.92. The number of carbonyl (C=O) groups is 1. The van der Waals surface area contributed by atoms with Gasteiger partial charge in [-0.3, -0.25) is 14.6 Å². The monoisotopic (exact) mass is 314 g/mol. The average Bonchev–Trinajstić information content (AvgIpc) is 2.39. The molecule has 1 aromatic rings. The zero-order chi connectivity index (χ0) is 14.7. The molecule has 1 aromatic carbocycles. The second kappa shape index (κ2) is 6.90. The van der Waals surface area contributed by atoms with Crippen LogP contribution in [0.2, 0.25) is 10.0 Å². The molecule has 1 heterocycles. The maximum Gasteiger partial charge on any atom is 0.178 e. The first kappa shape index (κ1) is 15.8. The molecular weight excluding hydrogens is 295 g/mol. The van der Waals surface area contributed by atoms with Crippen molar-refractivity contribution in [3.8, 4) is 0 Å². The summed E-state index contributed by atoms with van der Waals surface area (Å²) in [5.41, 5.74) is 0.558. The minimum atomic E-state index is 0.0599. The topological polar surface area (TPSA) is 23.6 Å². The van der Waals surface area contributed by atoms with E-state index in [0.29, 0.717) is 28.2 Å². The second-order valence-electron chi connectivity index (χ2n) is 5.45. The first-order valence-electron chi connectivity index (χ1n) is 6.92. The average molecular weight is 315 g/mol. The van der Waals surface area contributed by atoms with Crippen LogP contribution in [0.3, 0.4) is 0 Å². The van der Waals surface area contributed by atoms with Gasteiger partial charge in [0.1, 0.15) is 0 Å². The molecule has 0 atom stereocenters. The summed E-state index contributed by atoms with van der Waals surface area (Å²) in [6.07, 6.45) is 0. The van der Waals surface area contributed by atoms with Gasteiger partial charge in [-0.25, -0.2) is 0 Å². The molecule has 0 spiro atoms. The van der Waals surface area contributed by atoms with Gasteiger partial charge in [0.2, 0.25) is 0 Å². The highest BCUT2D eigenvalue weighted by molar-refractivity contribution is 6.36. The molecule has 0 amide bonds. The molecule has 0 unspecified atom stereocenters. The Morgan fingerprint density at radius 3 is 2.40 bits per heavy atom. The van der Waals surface area contributed by atoms with Gasteiger partial charge in [0.05, 0.1) is 11.6 Å². The van der Waals surface area contributed by atoms with E-state index in [9.17, 15) is 4.79 Å². The molecule has 5 heteroatoms. The fourth-order valence-corrected chi connectivity index (χ4v) is 2.96. The molecule has 0 aromatic heterocycles. The van der Waals surface area contributed by atoms with Crippen LogP contribution in [0.15, 0.2) is 18.2 Å². The summed E-state index contributed by atoms with van der Waals surface area (Å²) in [6.45, 7) is 8.71. The lowest BCUT2D eigenvalue weighted by molar-refractivity contribution is 0.0807. The molecular formula is C15H20Cl2N2O. The minimum absolute atomic E-state index is 0.0599. The van der Waals surface area contributed by atoms with Crippen molar-refractivity contribution in [2.75, 3.05) is 32.7 Å². The van der Waals surface area contributed by atoms with Crippen molar-refractivity contribution in [1.29, 1.82) is 0 Å². The Morgan fingerprint density at radius 2 is 1.85 bits per heavy atom. The second-order valence-corrected chi connectivity index (χ2v) is 6.30. The van der Waals surface area contributed by atoms with E-state index in [2.05, 4.69) is 23.6 Å². The Bertz CT molecular complexity index is 483. The lowest BCUT2D eigenvalue weighted by atomic mass is 10.1. The number of nitrogens with zero attached hydrogens (tertiary/aromatic N) is 2. The van der Waals surface area contributed by atoms with Gasteiger partial charge in [0, 0.05) is 42.8 Å². The summed E-state index contributed by atoms with van der Waals surface area (Å²) in [4.78, 5) is 16.9. The maximum atomic E-state index is 12.3. The Morgan fingerprint density at radius 1 is 1.20 bits per heavy atom. The third-order valence-electron chi connectivity index (χ3n) is 3.74. The van der Waals surface area contributed by atoms with Crippen LogP contribution in [0.1, 0.15) is 24.2 Å². The predicted molar refractivity (Wildman–Crippen MR) is 83.9 cm³/mol. The summed E-state index contributed by atoms with van der Waals surface area (Å²) in [5.74, 6) is 0.0599. The Hall–Kier alpha value is -0.610. The quantitative estimate of drug-likeness (QED) is 0.797. The van der Waals surface area contributed by atoms with Crippen molar-refractivity contribution in [2.24, 2.45) is 0 Å². The third kappa shape index (κ3) is 3.95. The summed E-state index contributed by atoms with van der Waals surface area (Å²) in [7, 11) is 0. The van der Waals surface area contributed by atoms with Gasteiger partial charge in [0.25, 0.3) is 0 Å². The van der Waals surface area contributed by atoms with Gasteiger partial charge in [-0.15, -0.1) is 0 Å². The SMILES string of the molecule is CC(C)N1CCN(CC(=O)c2ccc(Cl)cc2Cl)CC1. The highest BCUT2D eigenvalue weighted by Gasteiger charge is 2.21. The summed E-state index contributed by atoms with van der Waals surface area (Å²) < 4.78 is 0. The number of ketones is 1. The molecule has 1 aliphatic rings. The zero-order valence-electron chi connectivity index (χ0n) is 11.9. The summed E-state index contributed by atoms with van der Waals surface area (Å²) >= 11 is 11.9. The first-order chi connectivity index (χ1) is 9.47. The van der Waals surface area contributed by atoms with Crippen molar-refractivity contribution in [2.45, 2.75) is 19.9 Å². The van der Waals surface area contributed by atoms with Crippen molar-refractivity contribution in [3.63, 3.8) is 0 Å². The number of carbonyl (C=O) groups excluding carboxylic acids is 1. The van der Waals surface area contributed by atoms with Gasteiger partial charge in [-0.05, 0) is 32.0 Å². The molecule has 20 heavy (non-hydrogen) atoms. The van der Waals surface area contributed by atoms with Crippen molar-refractivity contribution in [3.05, 3.63) is 33.8 Å². The van der Waals surface area contributed by atoms with Crippen molar-refractivity contribution >= 4 is 29.0 Å². The van der Waals surface area contributed by atoms with E-state index in [1.807, 2.05) is 0 Å². The zero-order valence-corrected chi connectivity index (χ0v) is 13.4. The minimum Gasteiger partial charge on any atom is -0.298 e.